The number of hydrogen-bond acceptors (Lipinski definition) is 4. The monoisotopic (exact) mass is 405 g/mol. The van der Waals surface area contributed by atoms with E-state index in [9.17, 15) is 9.59 Å². The van der Waals surface area contributed by atoms with Gasteiger partial charge in [-0.1, -0.05) is 60.7 Å². The Morgan fingerprint density at radius 1 is 1.03 bits per heavy atom. The Balaban J connectivity index is 1.34. The number of fused-ring (bicyclic) bond motifs is 3. The summed E-state index contributed by atoms with van der Waals surface area (Å²) in [6.45, 7) is 0.517. The van der Waals surface area contributed by atoms with Crippen molar-refractivity contribution < 1.29 is 19.4 Å². The molecule has 0 radical (unpaired) electrons. The van der Waals surface area contributed by atoms with E-state index in [1.807, 2.05) is 24.3 Å². The van der Waals surface area contributed by atoms with Crippen LogP contribution in [-0.2, 0) is 4.74 Å². The fourth-order valence-electron chi connectivity index (χ4n) is 3.60. The van der Waals surface area contributed by atoms with Crippen molar-refractivity contribution in [2.75, 3.05) is 13.2 Å². The van der Waals surface area contributed by atoms with E-state index in [2.05, 4.69) is 29.6 Å². The van der Waals surface area contributed by atoms with E-state index in [4.69, 9.17) is 9.84 Å². The molecule has 2 N–H and O–H groups in total. The number of thiophene rings is 1. The molecule has 3 aromatic rings. The number of carboxylic acid groups (broad SMARTS) is 1. The smallest absolute Gasteiger partial charge is 0.407 e. The molecular formula is C23H19NO4S. The molecule has 1 amide bonds. The number of aromatic carboxylic acids is 1. The number of benzene rings is 2. The van der Waals surface area contributed by atoms with Crippen LogP contribution >= 0.6 is 11.3 Å². The molecule has 0 fully saturated rings. The Bertz CT molecular complexity index is 1040. The lowest BCUT2D eigenvalue weighted by Gasteiger charge is -2.14. The maximum Gasteiger partial charge on any atom is 0.407 e. The molecule has 5 nitrogen and oxygen atoms in total. The summed E-state index contributed by atoms with van der Waals surface area (Å²) in [6.07, 6.45) is 2.89. The van der Waals surface area contributed by atoms with Crippen LogP contribution in [0, 0.1) is 0 Å². The van der Waals surface area contributed by atoms with Gasteiger partial charge in [0.15, 0.2) is 0 Å². The van der Waals surface area contributed by atoms with Gasteiger partial charge in [0.1, 0.15) is 11.5 Å². The Morgan fingerprint density at radius 2 is 1.69 bits per heavy atom. The van der Waals surface area contributed by atoms with Gasteiger partial charge in [-0.15, -0.1) is 11.3 Å². The van der Waals surface area contributed by atoms with Gasteiger partial charge in [-0.05, 0) is 39.3 Å². The summed E-state index contributed by atoms with van der Waals surface area (Å²) in [6, 6.07) is 18.1. The highest BCUT2D eigenvalue weighted by Gasteiger charge is 2.28. The molecule has 2 aromatic carbocycles. The van der Waals surface area contributed by atoms with Crippen LogP contribution in [0.2, 0.25) is 0 Å². The molecule has 1 aliphatic carbocycles. The highest BCUT2D eigenvalue weighted by Crippen LogP contribution is 2.44. The van der Waals surface area contributed by atoms with E-state index in [0.29, 0.717) is 5.56 Å². The number of nitrogens with one attached hydrogen (secondary N) is 1. The van der Waals surface area contributed by atoms with Crippen LogP contribution in [0.3, 0.4) is 0 Å². The molecule has 1 aliphatic rings. The number of rotatable bonds is 6. The van der Waals surface area contributed by atoms with E-state index in [-0.39, 0.29) is 23.9 Å². The normalized spacial score (nSPS) is 12.6. The summed E-state index contributed by atoms with van der Waals surface area (Å²) >= 11 is 1.17. The molecule has 0 bridgehead atoms. The van der Waals surface area contributed by atoms with Crippen LogP contribution in [0.1, 0.15) is 32.3 Å². The number of carbonyl (C=O) groups is 2. The van der Waals surface area contributed by atoms with E-state index in [1.54, 1.807) is 23.6 Å². The Morgan fingerprint density at radius 3 is 2.34 bits per heavy atom. The molecule has 0 saturated heterocycles. The summed E-state index contributed by atoms with van der Waals surface area (Å²) in [4.78, 5) is 23.5. The third-order valence-corrected chi connectivity index (χ3v) is 5.81. The summed E-state index contributed by atoms with van der Waals surface area (Å²) in [5.41, 5.74) is 5.33. The van der Waals surface area contributed by atoms with Crippen LogP contribution in [0.15, 0.2) is 66.1 Å². The number of carboxylic acids is 1. The number of ether oxygens (including phenoxy) is 1. The number of alkyl carbamates (subject to hydrolysis) is 1. The van der Waals surface area contributed by atoms with Gasteiger partial charge in [-0.25, -0.2) is 9.59 Å². The van der Waals surface area contributed by atoms with Gasteiger partial charge in [0.2, 0.25) is 0 Å². The van der Waals surface area contributed by atoms with Crippen molar-refractivity contribution in [1.29, 1.82) is 0 Å². The number of amides is 1. The van der Waals surface area contributed by atoms with Crippen LogP contribution in [-0.4, -0.2) is 30.3 Å². The molecule has 29 heavy (non-hydrogen) atoms. The topological polar surface area (TPSA) is 75.6 Å². The highest BCUT2D eigenvalue weighted by molar-refractivity contribution is 7.12. The van der Waals surface area contributed by atoms with E-state index >= 15 is 0 Å². The summed E-state index contributed by atoms with van der Waals surface area (Å²) in [5, 5.41) is 13.5. The van der Waals surface area contributed by atoms with Gasteiger partial charge < -0.3 is 15.2 Å². The summed E-state index contributed by atoms with van der Waals surface area (Å²) < 4.78 is 5.46. The van der Waals surface area contributed by atoms with Crippen molar-refractivity contribution in [3.8, 4) is 11.1 Å². The van der Waals surface area contributed by atoms with Crippen LogP contribution in [0.25, 0.3) is 17.2 Å². The standard InChI is InChI=1S/C23H19NO4S/c25-22(26)21-15(11-13-29-21)6-5-12-24-23(27)28-14-20-18-9-3-1-7-16(18)17-8-2-4-10-19(17)20/h1-11,13,20H,12,14H2,(H,24,27)(H,25,26). The highest BCUT2D eigenvalue weighted by atomic mass is 32.1. The van der Waals surface area contributed by atoms with Gasteiger partial charge in [-0.2, -0.15) is 0 Å². The second-order valence-corrected chi connectivity index (χ2v) is 7.54. The zero-order valence-electron chi connectivity index (χ0n) is 15.5. The first-order valence-corrected chi connectivity index (χ1v) is 10.1. The van der Waals surface area contributed by atoms with E-state index in [1.165, 1.54) is 33.6 Å². The van der Waals surface area contributed by atoms with Gasteiger partial charge in [0, 0.05) is 12.5 Å². The predicted octanol–water partition coefficient (Wildman–Crippen LogP) is 5.00. The molecule has 4 rings (SSSR count). The number of hydrogen-bond donors (Lipinski definition) is 2. The molecule has 0 atom stereocenters. The third-order valence-electron chi connectivity index (χ3n) is 4.90. The van der Waals surface area contributed by atoms with Gasteiger partial charge >= 0.3 is 12.1 Å². The van der Waals surface area contributed by atoms with Crippen molar-refractivity contribution in [1.82, 2.24) is 5.32 Å². The molecule has 0 aliphatic heterocycles. The minimum absolute atomic E-state index is 0.0209. The second-order valence-electron chi connectivity index (χ2n) is 6.62. The Kier molecular flexibility index (Phi) is 5.44. The Labute approximate surface area is 172 Å². The largest absolute Gasteiger partial charge is 0.477 e. The van der Waals surface area contributed by atoms with Crippen molar-refractivity contribution in [2.45, 2.75) is 5.92 Å². The molecule has 1 heterocycles. The predicted molar refractivity (Wildman–Crippen MR) is 113 cm³/mol. The fourth-order valence-corrected chi connectivity index (χ4v) is 4.33. The third kappa shape index (κ3) is 3.93. The number of carbonyl (C=O) groups excluding carboxylic acids is 1. The first-order chi connectivity index (χ1) is 14.1. The van der Waals surface area contributed by atoms with Crippen molar-refractivity contribution in [3.05, 3.63) is 87.6 Å². The van der Waals surface area contributed by atoms with Gasteiger partial charge in [0.25, 0.3) is 0 Å². The minimum Gasteiger partial charge on any atom is -0.477 e. The average molecular weight is 405 g/mol. The maximum absolute atomic E-state index is 12.1. The average Bonchev–Trinajstić information content (AvgIpc) is 3.33. The van der Waals surface area contributed by atoms with Crippen LogP contribution in [0.4, 0.5) is 4.79 Å². The van der Waals surface area contributed by atoms with E-state index < -0.39 is 12.1 Å². The first kappa shape index (κ1) is 19.0. The lowest BCUT2D eigenvalue weighted by atomic mass is 9.98. The van der Waals surface area contributed by atoms with E-state index in [0.717, 1.165) is 0 Å². The van der Waals surface area contributed by atoms with Crippen LogP contribution in [0.5, 0.6) is 0 Å². The van der Waals surface area contributed by atoms with Crippen molar-refractivity contribution in [2.24, 2.45) is 0 Å². The summed E-state index contributed by atoms with van der Waals surface area (Å²) in [5.74, 6) is -0.934. The minimum atomic E-state index is -0.954. The molecule has 0 saturated carbocycles. The molecule has 0 unspecified atom stereocenters. The second kappa shape index (κ2) is 8.32. The molecule has 6 heteroatoms. The summed E-state index contributed by atoms with van der Waals surface area (Å²) in [7, 11) is 0. The van der Waals surface area contributed by atoms with Gasteiger partial charge in [0.05, 0.1) is 0 Å². The zero-order chi connectivity index (χ0) is 20.2. The molecule has 0 spiro atoms. The fraction of sp³-hybridized carbons (Fsp3) is 0.130. The quantitative estimate of drug-likeness (QED) is 0.605. The van der Waals surface area contributed by atoms with Crippen LogP contribution < -0.4 is 5.32 Å². The molecule has 1 aromatic heterocycles. The lowest BCUT2D eigenvalue weighted by molar-refractivity contribution is 0.0702. The zero-order valence-corrected chi connectivity index (χ0v) is 16.3. The lowest BCUT2D eigenvalue weighted by Crippen LogP contribution is -2.26. The van der Waals surface area contributed by atoms with Gasteiger partial charge in [-0.3, -0.25) is 0 Å². The maximum atomic E-state index is 12.1. The molecule has 146 valence electrons. The SMILES string of the molecule is O=C(NCC=Cc1ccsc1C(=O)O)OCC1c2ccccc2-c2ccccc21. The Hall–Kier alpha value is -3.38. The molecular weight excluding hydrogens is 386 g/mol. The van der Waals surface area contributed by atoms with Crippen molar-refractivity contribution >= 4 is 29.5 Å². The first-order valence-electron chi connectivity index (χ1n) is 9.21. The van der Waals surface area contributed by atoms with Crippen molar-refractivity contribution in [3.63, 3.8) is 0 Å².